The molecular weight excluding hydrogens is 198 g/mol. The molecule has 0 bridgehead atoms. The smallest absolute Gasteiger partial charge is 0.0611 e. The van der Waals surface area contributed by atoms with Gasteiger partial charge in [0, 0.05) is 0 Å². The highest BCUT2D eigenvalue weighted by molar-refractivity contribution is 4.83. The second-order valence-electron chi connectivity index (χ2n) is 5.82. The van der Waals surface area contributed by atoms with Crippen LogP contribution in [0.1, 0.15) is 52.9 Å². The minimum absolute atomic E-state index is 0.178. The summed E-state index contributed by atoms with van der Waals surface area (Å²) in [5.41, 5.74) is 5.77. The Hall–Kier alpha value is -0.0800. The van der Waals surface area contributed by atoms with Crippen LogP contribution in [0.3, 0.4) is 0 Å². The second-order valence-corrected chi connectivity index (χ2v) is 5.82. The highest BCUT2D eigenvalue weighted by Gasteiger charge is 2.31. The second kappa shape index (κ2) is 6.61. The number of hydrogen-bond acceptors (Lipinski definition) is 2. The molecule has 0 heterocycles. The molecule has 3 N–H and O–H groups in total. The zero-order valence-electron chi connectivity index (χ0n) is 11.2. The van der Waals surface area contributed by atoms with Crippen molar-refractivity contribution in [3.63, 3.8) is 0 Å². The molecule has 0 saturated heterocycles. The van der Waals surface area contributed by atoms with Crippen molar-refractivity contribution < 1.29 is 5.11 Å². The average Bonchev–Trinajstić information content (AvgIpc) is 2.29. The summed E-state index contributed by atoms with van der Waals surface area (Å²) in [5.74, 6) is 2.17. The van der Waals surface area contributed by atoms with E-state index in [2.05, 4.69) is 20.8 Å². The van der Waals surface area contributed by atoms with Crippen LogP contribution in [0, 0.1) is 23.7 Å². The van der Waals surface area contributed by atoms with Crippen molar-refractivity contribution >= 4 is 0 Å². The number of rotatable bonds is 5. The van der Waals surface area contributed by atoms with Gasteiger partial charge in [0.05, 0.1) is 6.10 Å². The first-order chi connectivity index (χ1) is 7.60. The number of hydrogen-bond donors (Lipinski definition) is 2. The van der Waals surface area contributed by atoms with Gasteiger partial charge in [-0.2, -0.15) is 0 Å². The first kappa shape index (κ1) is 14.0. The van der Waals surface area contributed by atoms with E-state index < -0.39 is 0 Å². The van der Waals surface area contributed by atoms with Crippen molar-refractivity contribution in [3.8, 4) is 0 Å². The van der Waals surface area contributed by atoms with Gasteiger partial charge in [-0.25, -0.2) is 0 Å². The summed E-state index contributed by atoms with van der Waals surface area (Å²) in [5, 5.41) is 10.4. The molecule has 1 rings (SSSR count). The van der Waals surface area contributed by atoms with Gasteiger partial charge in [0.25, 0.3) is 0 Å². The first-order valence-corrected chi connectivity index (χ1v) is 6.98. The van der Waals surface area contributed by atoms with Crippen LogP contribution in [0.15, 0.2) is 0 Å². The number of aliphatic hydroxyl groups excluding tert-OH is 1. The van der Waals surface area contributed by atoms with E-state index in [1.54, 1.807) is 0 Å². The highest BCUT2D eigenvalue weighted by Crippen LogP contribution is 2.35. The molecule has 16 heavy (non-hydrogen) atoms. The highest BCUT2D eigenvalue weighted by atomic mass is 16.3. The van der Waals surface area contributed by atoms with Crippen molar-refractivity contribution in [1.82, 2.24) is 0 Å². The predicted molar refractivity (Wildman–Crippen MR) is 69.1 cm³/mol. The lowest BCUT2D eigenvalue weighted by Gasteiger charge is -2.36. The third-order valence-corrected chi connectivity index (χ3v) is 4.52. The molecule has 0 aliphatic heterocycles. The lowest BCUT2D eigenvalue weighted by molar-refractivity contribution is 0.0121. The fourth-order valence-corrected chi connectivity index (χ4v) is 3.09. The summed E-state index contributed by atoms with van der Waals surface area (Å²) in [6.45, 7) is 7.22. The van der Waals surface area contributed by atoms with Crippen LogP contribution in [-0.2, 0) is 0 Å². The van der Waals surface area contributed by atoms with E-state index in [-0.39, 0.29) is 12.0 Å². The molecule has 1 fully saturated rings. The Morgan fingerprint density at radius 3 is 2.12 bits per heavy atom. The maximum atomic E-state index is 10.4. The molecule has 2 unspecified atom stereocenters. The molecule has 0 aromatic heterocycles. The molecule has 2 heteroatoms. The van der Waals surface area contributed by atoms with Gasteiger partial charge >= 0.3 is 0 Å². The summed E-state index contributed by atoms with van der Waals surface area (Å²) >= 11 is 0. The van der Waals surface area contributed by atoms with Crippen LogP contribution >= 0.6 is 0 Å². The molecule has 1 saturated carbocycles. The van der Waals surface area contributed by atoms with Crippen LogP contribution in [0.2, 0.25) is 0 Å². The molecule has 1 aliphatic carbocycles. The summed E-state index contributed by atoms with van der Waals surface area (Å²) in [4.78, 5) is 0. The van der Waals surface area contributed by atoms with Crippen LogP contribution in [0.4, 0.5) is 0 Å². The zero-order chi connectivity index (χ0) is 12.1. The Morgan fingerprint density at radius 1 is 1.19 bits per heavy atom. The Balaban J connectivity index is 2.45. The minimum Gasteiger partial charge on any atom is -0.392 e. The van der Waals surface area contributed by atoms with E-state index in [1.165, 1.54) is 32.1 Å². The van der Waals surface area contributed by atoms with Gasteiger partial charge in [-0.15, -0.1) is 0 Å². The van der Waals surface area contributed by atoms with Gasteiger partial charge in [0.15, 0.2) is 0 Å². The molecule has 2 atom stereocenters. The van der Waals surface area contributed by atoms with E-state index in [0.717, 1.165) is 5.92 Å². The third-order valence-electron chi connectivity index (χ3n) is 4.52. The van der Waals surface area contributed by atoms with Crippen molar-refractivity contribution in [1.29, 1.82) is 0 Å². The van der Waals surface area contributed by atoms with Crippen molar-refractivity contribution in [2.75, 3.05) is 6.54 Å². The van der Waals surface area contributed by atoms with Gasteiger partial charge in [-0.05, 0) is 43.1 Å². The van der Waals surface area contributed by atoms with Crippen molar-refractivity contribution in [2.24, 2.45) is 29.4 Å². The van der Waals surface area contributed by atoms with Gasteiger partial charge < -0.3 is 10.8 Å². The molecule has 96 valence electrons. The SMILES string of the molecule is CCC1CCC(C(O)C(CN)C(C)C)CC1. The topological polar surface area (TPSA) is 46.2 Å². The Morgan fingerprint density at radius 2 is 1.75 bits per heavy atom. The summed E-state index contributed by atoms with van der Waals surface area (Å²) in [6, 6.07) is 0. The van der Waals surface area contributed by atoms with E-state index in [1.807, 2.05) is 0 Å². The van der Waals surface area contributed by atoms with Gasteiger partial charge in [-0.1, -0.05) is 40.0 Å². The van der Waals surface area contributed by atoms with Gasteiger partial charge in [0.1, 0.15) is 0 Å². The van der Waals surface area contributed by atoms with E-state index in [4.69, 9.17) is 5.73 Å². The first-order valence-electron chi connectivity index (χ1n) is 6.98. The fourth-order valence-electron chi connectivity index (χ4n) is 3.09. The normalized spacial score (nSPS) is 30.4. The maximum Gasteiger partial charge on any atom is 0.0611 e. The van der Waals surface area contributed by atoms with Crippen molar-refractivity contribution in [2.45, 2.75) is 59.0 Å². The van der Waals surface area contributed by atoms with Crippen LogP contribution in [0.25, 0.3) is 0 Å². The van der Waals surface area contributed by atoms with Crippen LogP contribution < -0.4 is 5.73 Å². The summed E-state index contributed by atoms with van der Waals surface area (Å²) in [7, 11) is 0. The predicted octanol–water partition coefficient (Wildman–Crippen LogP) is 2.79. The minimum atomic E-state index is -0.178. The van der Waals surface area contributed by atoms with Crippen LogP contribution in [-0.4, -0.2) is 17.8 Å². The summed E-state index contributed by atoms with van der Waals surface area (Å²) in [6.07, 6.45) is 6.11. The van der Waals surface area contributed by atoms with E-state index >= 15 is 0 Å². The lowest BCUT2D eigenvalue weighted by Crippen LogP contribution is -2.38. The average molecular weight is 227 g/mol. The number of nitrogens with two attached hydrogens (primary N) is 1. The largest absolute Gasteiger partial charge is 0.392 e. The molecule has 0 radical (unpaired) electrons. The maximum absolute atomic E-state index is 10.4. The Labute approximate surface area is 101 Å². The monoisotopic (exact) mass is 227 g/mol. The molecule has 0 amide bonds. The Kier molecular flexibility index (Phi) is 5.77. The lowest BCUT2D eigenvalue weighted by atomic mass is 9.73. The van der Waals surface area contributed by atoms with Gasteiger partial charge in [0.2, 0.25) is 0 Å². The molecule has 0 aromatic carbocycles. The molecule has 1 aliphatic rings. The van der Waals surface area contributed by atoms with Gasteiger partial charge in [-0.3, -0.25) is 0 Å². The summed E-state index contributed by atoms with van der Waals surface area (Å²) < 4.78 is 0. The fraction of sp³-hybridized carbons (Fsp3) is 1.00. The van der Waals surface area contributed by atoms with E-state index in [9.17, 15) is 5.11 Å². The molecular formula is C14H29NO. The zero-order valence-corrected chi connectivity index (χ0v) is 11.2. The third kappa shape index (κ3) is 3.46. The standard InChI is InChI=1S/C14H29NO/c1-4-11-5-7-12(8-6-11)14(16)13(9-15)10(2)3/h10-14,16H,4-9,15H2,1-3H3. The van der Waals surface area contributed by atoms with Crippen molar-refractivity contribution in [3.05, 3.63) is 0 Å². The quantitative estimate of drug-likeness (QED) is 0.758. The van der Waals surface area contributed by atoms with Crippen LogP contribution in [0.5, 0.6) is 0 Å². The molecule has 2 nitrogen and oxygen atoms in total. The Bertz CT molecular complexity index is 185. The molecule has 0 spiro atoms. The molecule has 0 aromatic rings. The van der Waals surface area contributed by atoms with E-state index in [0.29, 0.717) is 18.4 Å². The number of aliphatic hydroxyl groups is 1.